The van der Waals surface area contributed by atoms with Crippen molar-refractivity contribution in [3.8, 4) is 0 Å². The van der Waals surface area contributed by atoms with Gasteiger partial charge in [-0.1, -0.05) is 0 Å². The first-order valence-corrected chi connectivity index (χ1v) is 16.0. The minimum absolute atomic E-state index is 0. The van der Waals surface area contributed by atoms with Crippen molar-refractivity contribution in [2.75, 3.05) is 26.2 Å². The zero-order valence-corrected chi connectivity index (χ0v) is 33.8. The van der Waals surface area contributed by atoms with Crippen LogP contribution in [0.2, 0.25) is 0 Å². The molecule has 4 aromatic rings. The Morgan fingerprint density at radius 2 is 0.548 bits per heavy atom. The molecule has 0 saturated heterocycles. The van der Waals surface area contributed by atoms with Crippen molar-refractivity contribution in [1.29, 1.82) is 0 Å². The van der Waals surface area contributed by atoms with Crippen LogP contribution in [0.1, 0.15) is 22.3 Å². The van der Waals surface area contributed by atoms with E-state index < -0.39 is 0 Å². The molecule has 4 rings (SSSR count). The van der Waals surface area contributed by atoms with Gasteiger partial charge in [0.15, 0.2) is 0 Å². The average molecular weight is 1170 g/mol. The van der Waals surface area contributed by atoms with Gasteiger partial charge in [0.1, 0.15) is 0 Å². The van der Waals surface area contributed by atoms with E-state index in [0.29, 0.717) is 26.2 Å². The predicted octanol–water partition coefficient (Wildman–Crippen LogP) is 1.62. The molecule has 220 valence electrons. The summed E-state index contributed by atoms with van der Waals surface area (Å²) in [7, 11) is 0. The van der Waals surface area contributed by atoms with E-state index in [-0.39, 0.29) is 42.1 Å². The SMILES string of the molecule is [Pt+2].[Pt+2].[Se-]c1ccccc1C=NCCN=Cc1ccccc1[Se-].[Se-]c1ccccc1C=NCCN=Cc1ccccc1[Se-]. The maximum atomic E-state index is 4.39. The first kappa shape index (κ1) is 39.0. The van der Waals surface area contributed by atoms with Gasteiger partial charge >= 0.3 is 314 Å². The van der Waals surface area contributed by atoms with Crippen molar-refractivity contribution >= 4 is 107 Å². The monoisotopic (exact) mass is 1180 g/mol. The molecule has 4 nitrogen and oxygen atoms in total. The molecule has 0 aromatic heterocycles. The molecule has 42 heavy (non-hydrogen) atoms. The van der Waals surface area contributed by atoms with Gasteiger partial charge in [0.05, 0.1) is 0 Å². The third-order valence-corrected chi connectivity index (χ3v) is 8.43. The van der Waals surface area contributed by atoms with E-state index in [1.807, 2.05) is 122 Å². The van der Waals surface area contributed by atoms with E-state index in [0.717, 1.165) is 40.1 Å². The third-order valence-electron chi connectivity index (χ3n) is 5.31. The molecule has 0 N–H and O–H groups in total. The van der Waals surface area contributed by atoms with E-state index in [4.69, 9.17) is 0 Å². The Balaban J connectivity index is 0.000000401. The molecule has 0 radical (unpaired) electrons. The molecular formula is C32H28N4Pt2Se4. The summed E-state index contributed by atoms with van der Waals surface area (Å²) in [5.74, 6) is 0. The molecule has 10 heteroatoms. The second-order valence-electron chi connectivity index (χ2n) is 8.29. The van der Waals surface area contributed by atoms with Crippen LogP contribution in [0.3, 0.4) is 0 Å². The Morgan fingerprint density at radius 1 is 0.357 bits per heavy atom. The predicted molar refractivity (Wildman–Crippen MR) is 177 cm³/mol. The fourth-order valence-corrected chi connectivity index (χ4v) is 4.90. The van der Waals surface area contributed by atoms with Crippen LogP contribution in [-0.4, -0.2) is 115 Å². The van der Waals surface area contributed by atoms with E-state index in [9.17, 15) is 0 Å². The van der Waals surface area contributed by atoms with Gasteiger partial charge in [0, 0.05) is 0 Å². The van der Waals surface area contributed by atoms with Gasteiger partial charge in [-0.2, -0.15) is 0 Å². The molecule has 0 amide bonds. The minimum atomic E-state index is 0. The summed E-state index contributed by atoms with van der Waals surface area (Å²) in [6, 6.07) is 32.4. The molecule has 0 atom stereocenters. The fourth-order valence-electron chi connectivity index (χ4n) is 3.23. The Labute approximate surface area is 311 Å². The second kappa shape index (κ2) is 23.4. The summed E-state index contributed by atoms with van der Waals surface area (Å²) in [5.41, 5.74) is 4.46. The zero-order valence-electron chi connectivity index (χ0n) is 22.4. The fraction of sp³-hybridized carbons (Fsp3) is 0.125. The van der Waals surface area contributed by atoms with Crippen LogP contribution >= 0.6 is 0 Å². The van der Waals surface area contributed by atoms with Crippen molar-refractivity contribution in [3.63, 3.8) is 0 Å². The second-order valence-corrected chi connectivity index (χ2v) is 12.0. The Morgan fingerprint density at radius 3 is 0.738 bits per heavy atom. The normalized spacial score (nSPS) is 10.9. The van der Waals surface area contributed by atoms with Gasteiger partial charge in [0.2, 0.25) is 0 Å². The molecule has 0 bridgehead atoms. The molecule has 0 unspecified atom stereocenters. The molecule has 0 saturated carbocycles. The van der Waals surface area contributed by atoms with Crippen LogP contribution < -0.4 is 17.8 Å². The van der Waals surface area contributed by atoms with Crippen LogP contribution in [0, 0.1) is 0 Å². The van der Waals surface area contributed by atoms with Crippen molar-refractivity contribution in [3.05, 3.63) is 119 Å². The molecule has 0 aliphatic carbocycles. The molecular weight excluding hydrogens is 1150 g/mol. The van der Waals surface area contributed by atoms with E-state index in [1.54, 1.807) is 0 Å². The van der Waals surface area contributed by atoms with Gasteiger partial charge in [-0.15, -0.1) is 0 Å². The zero-order chi connectivity index (χ0) is 28.4. The van der Waals surface area contributed by atoms with Crippen molar-refractivity contribution in [2.24, 2.45) is 20.0 Å². The molecule has 0 spiro atoms. The van der Waals surface area contributed by atoms with E-state index in [2.05, 4.69) is 84.0 Å². The number of hydrogen-bond donors (Lipinski definition) is 0. The number of benzene rings is 4. The van der Waals surface area contributed by atoms with Gasteiger partial charge in [-0.3, -0.25) is 0 Å². The summed E-state index contributed by atoms with van der Waals surface area (Å²) < 4.78 is 4.48. The van der Waals surface area contributed by atoms with Crippen LogP contribution in [0.25, 0.3) is 0 Å². The summed E-state index contributed by atoms with van der Waals surface area (Å²) in [5, 5.41) is 0. The van der Waals surface area contributed by atoms with Gasteiger partial charge < -0.3 is 0 Å². The molecule has 0 aliphatic rings. The summed E-state index contributed by atoms with van der Waals surface area (Å²) >= 11 is 12.1. The topological polar surface area (TPSA) is 49.4 Å². The summed E-state index contributed by atoms with van der Waals surface area (Å²) in [4.78, 5) is 17.6. The van der Waals surface area contributed by atoms with Crippen molar-refractivity contribution < 1.29 is 42.1 Å². The van der Waals surface area contributed by atoms with Crippen LogP contribution in [0.5, 0.6) is 0 Å². The molecule has 0 heterocycles. The van der Waals surface area contributed by atoms with Gasteiger partial charge in [-0.05, 0) is 0 Å². The molecule has 0 aliphatic heterocycles. The Kier molecular flexibility index (Phi) is 21.8. The van der Waals surface area contributed by atoms with E-state index >= 15 is 0 Å². The van der Waals surface area contributed by atoms with Gasteiger partial charge in [0.25, 0.3) is 0 Å². The quantitative estimate of drug-likeness (QED) is 0.132. The van der Waals surface area contributed by atoms with Crippen LogP contribution in [0.15, 0.2) is 117 Å². The number of hydrogen-bond acceptors (Lipinski definition) is 4. The maximum absolute atomic E-state index is 4.39. The van der Waals surface area contributed by atoms with Crippen molar-refractivity contribution in [2.45, 2.75) is 0 Å². The number of aliphatic imine (C=N–C) groups is 4. The standard InChI is InChI=1S/2C16H16N2Se2.2Pt/c2*19-15-7-3-1-5-13(15)11-17-9-10-18-12-14-6-2-4-8-16(14)20;;/h2*1-8,11-12,19-20H,9-10H2;;/q;;2*+2/p-4. The first-order valence-electron chi connectivity index (χ1n) is 12.6. The molecule has 4 aromatic carbocycles. The molecule has 0 fully saturated rings. The van der Waals surface area contributed by atoms with Crippen molar-refractivity contribution in [1.82, 2.24) is 0 Å². The Bertz CT molecular complexity index is 1250. The third kappa shape index (κ3) is 15.1. The summed E-state index contributed by atoms with van der Waals surface area (Å²) in [6.07, 6.45) is 7.57. The Hall–Kier alpha value is -0.985. The number of nitrogens with zero attached hydrogens (tertiary/aromatic N) is 4. The number of rotatable bonds is 10. The first-order chi connectivity index (χ1) is 19.5. The average Bonchev–Trinajstić information content (AvgIpc) is 2.96. The van der Waals surface area contributed by atoms with Crippen LogP contribution in [0.4, 0.5) is 0 Å². The van der Waals surface area contributed by atoms with Gasteiger partial charge in [-0.25, -0.2) is 0 Å². The van der Waals surface area contributed by atoms with Crippen LogP contribution in [-0.2, 0) is 42.1 Å². The van der Waals surface area contributed by atoms with E-state index in [1.165, 1.54) is 0 Å². The summed E-state index contributed by atoms with van der Waals surface area (Å²) in [6.45, 7) is 2.78.